The molecule has 0 unspecified atom stereocenters. The molecule has 0 saturated carbocycles. The molecule has 5 heteroatoms. The molecule has 0 amide bonds. The molecule has 13 heavy (non-hydrogen) atoms. The number of halogens is 1. The number of aryl methyl sites for hydroxylation is 1. The zero-order chi connectivity index (χ0) is 10.1. The molecule has 0 heterocycles. The van der Waals surface area contributed by atoms with Gasteiger partial charge in [-0.25, -0.2) is 13.6 Å². The van der Waals surface area contributed by atoms with E-state index in [0.29, 0.717) is 5.56 Å². The summed E-state index contributed by atoms with van der Waals surface area (Å²) in [6.07, 6.45) is 0. The quantitative estimate of drug-likeness (QED) is 0.880. The number of rotatable bonds is 2. The van der Waals surface area contributed by atoms with Gasteiger partial charge in [-0.05, 0) is 18.6 Å². The Bertz CT molecular complexity index is 414. The van der Waals surface area contributed by atoms with E-state index in [1.807, 2.05) is 19.1 Å². The Morgan fingerprint density at radius 2 is 2.08 bits per heavy atom. The third-order valence-corrected chi connectivity index (χ3v) is 3.04. The second kappa shape index (κ2) is 3.77. The van der Waals surface area contributed by atoms with Crippen LogP contribution in [0.1, 0.15) is 11.1 Å². The summed E-state index contributed by atoms with van der Waals surface area (Å²) in [5, 5.41) is 4.94. The molecule has 0 aliphatic rings. The molecule has 1 aromatic rings. The molecule has 2 N–H and O–H groups in total. The van der Waals surface area contributed by atoms with Crippen LogP contribution in [0.4, 0.5) is 0 Å². The Balaban J connectivity index is 3.08. The second-order valence-corrected chi connectivity index (χ2v) is 5.37. The molecule has 1 aromatic carbocycles. The van der Waals surface area contributed by atoms with E-state index in [2.05, 4.69) is 15.9 Å². The Morgan fingerprint density at radius 1 is 1.46 bits per heavy atom. The van der Waals surface area contributed by atoms with Gasteiger partial charge in [-0.3, -0.25) is 0 Å². The molecule has 0 aromatic heterocycles. The van der Waals surface area contributed by atoms with Gasteiger partial charge < -0.3 is 0 Å². The highest BCUT2D eigenvalue weighted by atomic mass is 79.9. The summed E-state index contributed by atoms with van der Waals surface area (Å²) < 4.78 is 22.4. The van der Waals surface area contributed by atoms with Crippen molar-refractivity contribution in [3.63, 3.8) is 0 Å². The van der Waals surface area contributed by atoms with E-state index in [1.165, 1.54) is 0 Å². The topological polar surface area (TPSA) is 60.2 Å². The molecule has 0 atom stereocenters. The Labute approximate surface area is 86.1 Å². The van der Waals surface area contributed by atoms with Gasteiger partial charge in [0, 0.05) is 4.47 Å². The molecule has 3 nitrogen and oxygen atoms in total. The van der Waals surface area contributed by atoms with Crippen LogP contribution in [0, 0.1) is 6.92 Å². The Morgan fingerprint density at radius 3 is 2.62 bits per heavy atom. The fourth-order valence-corrected chi connectivity index (χ4v) is 2.28. The second-order valence-electron chi connectivity index (χ2n) is 2.90. The number of benzene rings is 1. The maximum Gasteiger partial charge on any atom is 0.213 e. The van der Waals surface area contributed by atoms with Gasteiger partial charge in [-0.1, -0.05) is 33.6 Å². The van der Waals surface area contributed by atoms with Crippen molar-refractivity contribution in [3.8, 4) is 0 Å². The van der Waals surface area contributed by atoms with Crippen molar-refractivity contribution in [1.82, 2.24) is 0 Å². The average Bonchev–Trinajstić information content (AvgIpc) is 1.94. The van der Waals surface area contributed by atoms with Crippen LogP contribution in [-0.2, 0) is 15.8 Å². The van der Waals surface area contributed by atoms with Crippen LogP contribution >= 0.6 is 15.9 Å². The molecule has 1 rings (SSSR count). The monoisotopic (exact) mass is 263 g/mol. The molecule has 0 aliphatic carbocycles. The van der Waals surface area contributed by atoms with Crippen LogP contribution in [0.5, 0.6) is 0 Å². The summed E-state index contributed by atoms with van der Waals surface area (Å²) in [7, 11) is -3.45. The summed E-state index contributed by atoms with van der Waals surface area (Å²) in [4.78, 5) is 0. The first kappa shape index (κ1) is 10.7. The maximum atomic E-state index is 10.8. The normalized spacial score (nSPS) is 11.6. The van der Waals surface area contributed by atoms with E-state index in [9.17, 15) is 8.42 Å². The van der Waals surface area contributed by atoms with Crippen molar-refractivity contribution in [2.75, 3.05) is 0 Å². The summed E-state index contributed by atoms with van der Waals surface area (Å²) in [5.74, 6) is -0.130. The first-order valence-corrected chi connectivity index (χ1v) is 6.15. The predicted octanol–water partition coefficient (Wildman–Crippen LogP) is 1.55. The Kier molecular flexibility index (Phi) is 3.10. The molecule has 0 fully saturated rings. The SMILES string of the molecule is Cc1ccc(Br)c(CS(N)(=O)=O)c1. The summed E-state index contributed by atoms with van der Waals surface area (Å²) in [5.41, 5.74) is 1.71. The van der Waals surface area contributed by atoms with Crippen LogP contribution in [0.25, 0.3) is 0 Å². The minimum Gasteiger partial charge on any atom is -0.228 e. The van der Waals surface area contributed by atoms with Crippen molar-refractivity contribution in [2.24, 2.45) is 5.14 Å². The molecule has 0 radical (unpaired) electrons. The van der Waals surface area contributed by atoms with Gasteiger partial charge in [-0.15, -0.1) is 0 Å². The lowest BCUT2D eigenvalue weighted by molar-refractivity contribution is 0.597. The highest BCUT2D eigenvalue weighted by Gasteiger charge is 2.08. The number of hydrogen-bond donors (Lipinski definition) is 1. The standard InChI is InChI=1S/C8H10BrNO2S/c1-6-2-3-8(9)7(4-6)5-13(10,11)12/h2-4H,5H2,1H3,(H2,10,11,12). The van der Waals surface area contributed by atoms with E-state index >= 15 is 0 Å². The minimum atomic E-state index is -3.45. The van der Waals surface area contributed by atoms with Gasteiger partial charge >= 0.3 is 0 Å². The highest BCUT2D eigenvalue weighted by Crippen LogP contribution is 2.19. The summed E-state index contributed by atoms with van der Waals surface area (Å²) in [6, 6.07) is 5.51. The number of primary sulfonamides is 1. The number of nitrogens with two attached hydrogens (primary N) is 1. The largest absolute Gasteiger partial charge is 0.228 e. The van der Waals surface area contributed by atoms with Gasteiger partial charge in [0.1, 0.15) is 0 Å². The first-order valence-electron chi connectivity index (χ1n) is 3.64. The average molecular weight is 264 g/mol. The molecular weight excluding hydrogens is 254 g/mol. The van der Waals surface area contributed by atoms with E-state index in [0.717, 1.165) is 10.0 Å². The van der Waals surface area contributed by atoms with Crippen molar-refractivity contribution in [1.29, 1.82) is 0 Å². The molecular formula is C8H10BrNO2S. The Hall–Kier alpha value is -0.390. The van der Waals surface area contributed by atoms with Crippen molar-refractivity contribution in [2.45, 2.75) is 12.7 Å². The predicted molar refractivity (Wildman–Crippen MR) is 55.7 cm³/mol. The van der Waals surface area contributed by atoms with E-state index in [-0.39, 0.29) is 5.75 Å². The maximum absolute atomic E-state index is 10.8. The molecule has 0 saturated heterocycles. The van der Waals surface area contributed by atoms with Crippen molar-refractivity contribution < 1.29 is 8.42 Å². The van der Waals surface area contributed by atoms with Crippen LogP contribution in [0.3, 0.4) is 0 Å². The lowest BCUT2D eigenvalue weighted by Crippen LogP contribution is -2.14. The molecule has 0 aliphatic heterocycles. The van der Waals surface area contributed by atoms with Crippen molar-refractivity contribution >= 4 is 26.0 Å². The zero-order valence-corrected chi connectivity index (χ0v) is 9.52. The summed E-state index contributed by atoms with van der Waals surface area (Å²) in [6.45, 7) is 1.90. The van der Waals surface area contributed by atoms with Gasteiger partial charge in [-0.2, -0.15) is 0 Å². The van der Waals surface area contributed by atoms with Crippen LogP contribution in [0.15, 0.2) is 22.7 Å². The lowest BCUT2D eigenvalue weighted by Gasteiger charge is -2.03. The van der Waals surface area contributed by atoms with Gasteiger partial charge in [0.05, 0.1) is 5.75 Å². The molecule has 0 bridgehead atoms. The first-order chi connectivity index (χ1) is 5.88. The van der Waals surface area contributed by atoms with Gasteiger partial charge in [0.2, 0.25) is 10.0 Å². The summed E-state index contributed by atoms with van der Waals surface area (Å²) >= 11 is 3.26. The third kappa shape index (κ3) is 3.46. The van der Waals surface area contributed by atoms with Crippen LogP contribution in [-0.4, -0.2) is 8.42 Å². The fraction of sp³-hybridized carbons (Fsp3) is 0.250. The van der Waals surface area contributed by atoms with Gasteiger partial charge in [0.25, 0.3) is 0 Å². The lowest BCUT2D eigenvalue weighted by atomic mass is 10.2. The van der Waals surface area contributed by atoms with E-state index in [4.69, 9.17) is 5.14 Å². The third-order valence-electron chi connectivity index (χ3n) is 1.56. The van der Waals surface area contributed by atoms with E-state index in [1.54, 1.807) is 6.07 Å². The number of sulfonamides is 1. The van der Waals surface area contributed by atoms with Crippen LogP contribution < -0.4 is 5.14 Å². The van der Waals surface area contributed by atoms with Crippen LogP contribution in [0.2, 0.25) is 0 Å². The molecule has 0 spiro atoms. The van der Waals surface area contributed by atoms with Crippen molar-refractivity contribution in [3.05, 3.63) is 33.8 Å². The smallest absolute Gasteiger partial charge is 0.213 e. The van der Waals surface area contributed by atoms with Gasteiger partial charge in [0.15, 0.2) is 0 Å². The zero-order valence-electron chi connectivity index (χ0n) is 7.12. The molecule has 72 valence electrons. The minimum absolute atomic E-state index is 0.130. The number of hydrogen-bond acceptors (Lipinski definition) is 2. The highest BCUT2D eigenvalue weighted by molar-refractivity contribution is 9.10. The fourth-order valence-electron chi connectivity index (χ4n) is 1.03. The van der Waals surface area contributed by atoms with E-state index < -0.39 is 10.0 Å².